The molecule has 152 valence electrons. The van der Waals surface area contributed by atoms with Gasteiger partial charge < -0.3 is 15.2 Å². The third-order valence-corrected chi connectivity index (χ3v) is 6.22. The number of aromatic amines is 1. The van der Waals surface area contributed by atoms with Crippen LogP contribution < -0.4 is 10.9 Å². The second-order valence-electron chi connectivity index (χ2n) is 7.41. The van der Waals surface area contributed by atoms with Crippen LogP contribution in [0.25, 0.3) is 0 Å². The minimum Gasteiger partial charge on any atom is -0.351 e. The van der Waals surface area contributed by atoms with E-state index in [0.717, 1.165) is 62.0 Å². The Balaban J connectivity index is 1.26. The molecule has 1 fully saturated rings. The number of fused-ring (bicyclic) bond motifs is 1. The first kappa shape index (κ1) is 19.7. The number of nitrogens with zero attached hydrogens (tertiary/aromatic N) is 2. The zero-order valence-corrected chi connectivity index (χ0v) is 17.0. The number of aryl methyl sites for hydroxylation is 1. The molecule has 2 N–H and O–H groups in total. The Kier molecular flexibility index (Phi) is 5.99. The zero-order valence-electron chi connectivity index (χ0n) is 16.2. The van der Waals surface area contributed by atoms with E-state index in [2.05, 4.69) is 15.3 Å². The van der Waals surface area contributed by atoms with Crippen LogP contribution in [-0.4, -0.2) is 45.5 Å². The van der Waals surface area contributed by atoms with Crippen molar-refractivity contribution >= 4 is 23.6 Å². The van der Waals surface area contributed by atoms with E-state index in [9.17, 15) is 14.4 Å². The van der Waals surface area contributed by atoms with E-state index in [0.29, 0.717) is 17.3 Å². The van der Waals surface area contributed by atoms with Crippen LogP contribution in [-0.2, 0) is 24.2 Å². The van der Waals surface area contributed by atoms with E-state index in [1.807, 2.05) is 29.2 Å². The normalized spacial score (nSPS) is 15.4. The molecule has 29 heavy (non-hydrogen) atoms. The SMILES string of the molecule is O=C(CSc1nc2c(c(=O)[nH]1)CCC2)NCc1ccc(C(=O)N2CCCC2)cc1. The van der Waals surface area contributed by atoms with Gasteiger partial charge in [0.05, 0.1) is 11.4 Å². The Hall–Kier alpha value is -2.61. The van der Waals surface area contributed by atoms with E-state index in [1.165, 1.54) is 11.8 Å². The van der Waals surface area contributed by atoms with Gasteiger partial charge in [-0.2, -0.15) is 0 Å². The van der Waals surface area contributed by atoms with Crippen LogP contribution in [0.2, 0.25) is 0 Å². The number of hydrogen-bond donors (Lipinski definition) is 2. The van der Waals surface area contributed by atoms with E-state index in [4.69, 9.17) is 0 Å². The number of nitrogens with one attached hydrogen (secondary N) is 2. The number of aromatic nitrogens is 2. The van der Waals surface area contributed by atoms with Gasteiger partial charge in [-0.15, -0.1) is 0 Å². The molecule has 0 unspecified atom stereocenters. The average Bonchev–Trinajstić information content (AvgIpc) is 3.43. The molecular formula is C21H24N4O3S. The Morgan fingerprint density at radius 3 is 2.62 bits per heavy atom. The van der Waals surface area contributed by atoms with Crippen molar-refractivity contribution in [1.82, 2.24) is 20.2 Å². The van der Waals surface area contributed by atoms with Crippen LogP contribution in [0.1, 0.15) is 46.4 Å². The third-order valence-electron chi connectivity index (χ3n) is 5.34. The highest BCUT2D eigenvalue weighted by atomic mass is 32.2. The van der Waals surface area contributed by atoms with Gasteiger partial charge >= 0.3 is 0 Å². The summed E-state index contributed by atoms with van der Waals surface area (Å²) in [6.45, 7) is 2.06. The predicted octanol–water partition coefficient (Wildman–Crippen LogP) is 1.90. The lowest BCUT2D eigenvalue weighted by Gasteiger charge is -2.15. The minimum atomic E-state index is -0.129. The number of likely N-dealkylation sites (tertiary alicyclic amines) is 1. The van der Waals surface area contributed by atoms with Gasteiger partial charge in [-0.3, -0.25) is 14.4 Å². The minimum absolute atomic E-state index is 0.0744. The fraction of sp³-hybridized carbons (Fsp3) is 0.429. The van der Waals surface area contributed by atoms with Gasteiger partial charge in [0.2, 0.25) is 5.91 Å². The van der Waals surface area contributed by atoms with Crippen molar-refractivity contribution in [3.05, 3.63) is 57.0 Å². The number of rotatable bonds is 6. The first-order valence-corrected chi connectivity index (χ1v) is 11.0. The van der Waals surface area contributed by atoms with Crippen LogP contribution in [0.15, 0.2) is 34.2 Å². The molecule has 2 amide bonds. The molecule has 2 aliphatic rings. The summed E-state index contributed by atoms with van der Waals surface area (Å²) in [5.74, 6) is 0.133. The molecule has 0 radical (unpaired) electrons. The fourth-order valence-electron chi connectivity index (χ4n) is 3.74. The van der Waals surface area contributed by atoms with Gasteiger partial charge in [-0.1, -0.05) is 23.9 Å². The number of hydrogen-bond acceptors (Lipinski definition) is 5. The standard InChI is InChI=1S/C21H24N4O3S/c26-18(13-29-21-23-17-5-3-4-16(17)19(27)24-21)22-12-14-6-8-15(9-7-14)20(28)25-10-1-2-11-25/h6-9H,1-5,10-13H2,(H,22,26)(H,23,24,27). The molecule has 8 heteroatoms. The predicted molar refractivity (Wildman–Crippen MR) is 111 cm³/mol. The number of H-pyrrole nitrogens is 1. The summed E-state index contributed by atoms with van der Waals surface area (Å²) in [6.07, 6.45) is 4.72. The highest BCUT2D eigenvalue weighted by Gasteiger charge is 2.19. The van der Waals surface area contributed by atoms with E-state index < -0.39 is 0 Å². The third kappa shape index (κ3) is 4.70. The highest BCUT2D eigenvalue weighted by Crippen LogP contribution is 2.19. The van der Waals surface area contributed by atoms with Crippen molar-refractivity contribution in [3.8, 4) is 0 Å². The van der Waals surface area contributed by atoms with Crippen LogP contribution in [0.5, 0.6) is 0 Å². The van der Waals surface area contributed by atoms with Gasteiger partial charge in [0, 0.05) is 30.8 Å². The molecular weight excluding hydrogens is 388 g/mol. The first-order chi connectivity index (χ1) is 14.1. The van der Waals surface area contributed by atoms with Gasteiger partial charge in [0.25, 0.3) is 11.5 Å². The number of amides is 2. The molecule has 0 spiro atoms. The summed E-state index contributed by atoms with van der Waals surface area (Å²) in [6, 6.07) is 7.37. The molecule has 0 saturated carbocycles. The fourth-order valence-corrected chi connectivity index (χ4v) is 4.45. The molecule has 1 aliphatic carbocycles. The zero-order chi connectivity index (χ0) is 20.2. The summed E-state index contributed by atoms with van der Waals surface area (Å²) in [4.78, 5) is 45.6. The summed E-state index contributed by atoms with van der Waals surface area (Å²) in [5, 5.41) is 3.36. The molecule has 7 nitrogen and oxygen atoms in total. The second-order valence-corrected chi connectivity index (χ2v) is 8.38. The van der Waals surface area contributed by atoms with Gasteiger partial charge in [-0.05, 0) is 49.8 Å². The number of carbonyl (C=O) groups is 2. The Morgan fingerprint density at radius 1 is 1.10 bits per heavy atom. The first-order valence-electron chi connectivity index (χ1n) is 10.00. The smallest absolute Gasteiger partial charge is 0.254 e. The van der Waals surface area contributed by atoms with Crippen molar-refractivity contribution in [2.75, 3.05) is 18.8 Å². The summed E-state index contributed by atoms with van der Waals surface area (Å²) in [5.41, 5.74) is 3.18. The number of carbonyl (C=O) groups excluding carboxylic acids is 2. The van der Waals surface area contributed by atoms with Crippen LogP contribution in [0.3, 0.4) is 0 Å². The Bertz CT molecular complexity index is 965. The lowest BCUT2D eigenvalue weighted by Crippen LogP contribution is -2.27. The van der Waals surface area contributed by atoms with Crippen LogP contribution in [0, 0.1) is 0 Å². The molecule has 1 aromatic heterocycles. The van der Waals surface area contributed by atoms with Gasteiger partial charge in [0.1, 0.15) is 0 Å². The maximum absolute atomic E-state index is 12.4. The van der Waals surface area contributed by atoms with Gasteiger partial charge in [0.15, 0.2) is 5.16 Å². The molecule has 0 bridgehead atoms. The Labute approximate surface area is 173 Å². The van der Waals surface area contributed by atoms with Crippen molar-refractivity contribution in [2.45, 2.75) is 43.8 Å². The van der Waals surface area contributed by atoms with E-state index in [-0.39, 0.29) is 23.1 Å². The highest BCUT2D eigenvalue weighted by molar-refractivity contribution is 7.99. The molecule has 0 atom stereocenters. The van der Waals surface area contributed by atoms with Crippen molar-refractivity contribution in [2.24, 2.45) is 0 Å². The largest absolute Gasteiger partial charge is 0.351 e. The molecule has 1 aromatic carbocycles. The molecule has 1 saturated heterocycles. The van der Waals surface area contributed by atoms with Crippen molar-refractivity contribution in [3.63, 3.8) is 0 Å². The van der Waals surface area contributed by atoms with Crippen molar-refractivity contribution in [1.29, 1.82) is 0 Å². The summed E-state index contributed by atoms with van der Waals surface area (Å²) < 4.78 is 0. The number of benzene rings is 1. The molecule has 2 heterocycles. The molecule has 2 aromatic rings. The summed E-state index contributed by atoms with van der Waals surface area (Å²) >= 11 is 1.24. The lowest BCUT2D eigenvalue weighted by molar-refractivity contribution is -0.118. The average molecular weight is 413 g/mol. The van der Waals surface area contributed by atoms with Crippen LogP contribution in [0.4, 0.5) is 0 Å². The maximum atomic E-state index is 12.4. The number of thioether (sulfide) groups is 1. The lowest BCUT2D eigenvalue weighted by atomic mass is 10.1. The van der Waals surface area contributed by atoms with Gasteiger partial charge in [-0.25, -0.2) is 4.98 Å². The monoisotopic (exact) mass is 412 g/mol. The summed E-state index contributed by atoms with van der Waals surface area (Å²) in [7, 11) is 0. The van der Waals surface area contributed by atoms with E-state index in [1.54, 1.807) is 0 Å². The second kappa shape index (κ2) is 8.82. The molecule has 4 rings (SSSR count). The van der Waals surface area contributed by atoms with Crippen LogP contribution >= 0.6 is 11.8 Å². The maximum Gasteiger partial charge on any atom is 0.254 e. The van der Waals surface area contributed by atoms with E-state index >= 15 is 0 Å². The Morgan fingerprint density at radius 2 is 1.86 bits per heavy atom. The topological polar surface area (TPSA) is 95.2 Å². The molecule has 1 aliphatic heterocycles. The quantitative estimate of drug-likeness (QED) is 0.558. The van der Waals surface area contributed by atoms with Crippen molar-refractivity contribution < 1.29 is 9.59 Å².